The van der Waals surface area contributed by atoms with Gasteiger partial charge in [0.25, 0.3) is 12.0 Å². The average Bonchev–Trinajstić information content (AvgIpc) is 3.15. The van der Waals surface area contributed by atoms with Crippen LogP contribution in [0.4, 0.5) is 8.78 Å². The molecule has 0 bridgehead atoms. The Morgan fingerprint density at radius 2 is 2.12 bits per heavy atom. The molecule has 0 aliphatic rings. The van der Waals surface area contributed by atoms with E-state index in [0.29, 0.717) is 16.9 Å². The van der Waals surface area contributed by atoms with E-state index in [9.17, 15) is 13.6 Å². The molecule has 0 spiro atoms. The van der Waals surface area contributed by atoms with Crippen LogP contribution >= 0.6 is 11.6 Å². The van der Waals surface area contributed by atoms with Crippen LogP contribution in [0.15, 0.2) is 23.1 Å². The molecule has 0 aromatic carbocycles. The Balaban J connectivity index is 1.99. The number of fused-ring (bicyclic) bond motifs is 1. The molecular weight excluding hydrogens is 354 g/mol. The minimum absolute atomic E-state index is 0.0598. The van der Waals surface area contributed by atoms with Crippen LogP contribution in [0.25, 0.3) is 5.52 Å². The van der Waals surface area contributed by atoms with Crippen molar-refractivity contribution >= 4 is 17.1 Å². The molecule has 0 fully saturated rings. The van der Waals surface area contributed by atoms with Crippen LogP contribution in [0.1, 0.15) is 29.9 Å². The maximum absolute atomic E-state index is 12.7. The molecule has 0 radical (unpaired) electrons. The zero-order chi connectivity index (χ0) is 18.1. The van der Waals surface area contributed by atoms with Crippen molar-refractivity contribution in [1.82, 2.24) is 24.0 Å². The minimum atomic E-state index is -2.71. The Labute approximate surface area is 145 Å². The largest absolute Gasteiger partial charge is 0.311 e. The maximum Gasteiger partial charge on any atom is 0.282 e. The van der Waals surface area contributed by atoms with Crippen LogP contribution in [0.2, 0.25) is 5.15 Å². The van der Waals surface area contributed by atoms with E-state index >= 15 is 0 Å². The van der Waals surface area contributed by atoms with E-state index in [1.54, 1.807) is 19.2 Å². The molecule has 3 heterocycles. The number of aryl methyl sites for hydroxylation is 2. The van der Waals surface area contributed by atoms with Gasteiger partial charge in [-0.3, -0.25) is 4.79 Å². The van der Waals surface area contributed by atoms with Gasteiger partial charge in [-0.2, -0.15) is 15.5 Å². The van der Waals surface area contributed by atoms with E-state index in [0.717, 1.165) is 6.07 Å². The second-order valence-corrected chi connectivity index (χ2v) is 5.85. The fraction of sp³-hybridized carbons (Fsp3) is 0.333. The number of hydrogen-bond acceptors (Lipinski definition) is 4. The van der Waals surface area contributed by atoms with E-state index < -0.39 is 12.1 Å². The van der Waals surface area contributed by atoms with Gasteiger partial charge in [0, 0.05) is 18.8 Å². The van der Waals surface area contributed by atoms with Crippen LogP contribution in [-0.2, 0) is 13.1 Å². The van der Waals surface area contributed by atoms with Gasteiger partial charge >= 0.3 is 0 Å². The van der Waals surface area contributed by atoms with E-state index in [2.05, 4.69) is 10.2 Å². The minimum Gasteiger partial charge on any atom is -0.311 e. The third kappa shape index (κ3) is 3.25. The molecule has 0 saturated heterocycles. The average molecular weight is 367 g/mol. The Bertz CT molecular complexity index is 1030. The third-order valence-electron chi connectivity index (χ3n) is 3.67. The number of hydrogen-bond donors (Lipinski definition) is 0. The predicted molar refractivity (Wildman–Crippen MR) is 85.7 cm³/mol. The highest BCUT2D eigenvalue weighted by molar-refractivity contribution is 6.29. The predicted octanol–water partition coefficient (Wildman–Crippen LogP) is 2.55. The first-order valence-corrected chi connectivity index (χ1v) is 7.75. The SMILES string of the molecule is Cc1cn(CCC#N)c(=O)c2cc(Cn3nc(C(F)F)cc3Cl)nn12. The highest BCUT2D eigenvalue weighted by Gasteiger charge is 2.16. The van der Waals surface area contributed by atoms with Gasteiger partial charge in [-0.15, -0.1) is 0 Å². The van der Waals surface area contributed by atoms with Crippen LogP contribution in [0.5, 0.6) is 0 Å². The molecular formula is C15H13ClF2N6O. The first kappa shape index (κ1) is 17.1. The van der Waals surface area contributed by atoms with Gasteiger partial charge in [0.05, 0.1) is 30.4 Å². The Hall–Kier alpha value is -2.73. The molecule has 3 rings (SSSR count). The van der Waals surface area contributed by atoms with Crippen molar-refractivity contribution in [2.24, 2.45) is 0 Å². The first-order valence-electron chi connectivity index (χ1n) is 7.37. The van der Waals surface area contributed by atoms with Crippen LogP contribution in [0, 0.1) is 18.3 Å². The molecule has 130 valence electrons. The van der Waals surface area contributed by atoms with Crippen molar-refractivity contribution in [3.05, 3.63) is 50.9 Å². The van der Waals surface area contributed by atoms with E-state index in [-0.39, 0.29) is 30.2 Å². The quantitative estimate of drug-likeness (QED) is 0.695. The lowest BCUT2D eigenvalue weighted by molar-refractivity contribution is 0.145. The molecule has 0 N–H and O–H groups in total. The lowest BCUT2D eigenvalue weighted by Gasteiger charge is -2.06. The summed E-state index contributed by atoms with van der Waals surface area (Å²) in [5, 5.41) is 16.8. The van der Waals surface area contributed by atoms with Crippen LogP contribution in [0.3, 0.4) is 0 Å². The summed E-state index contributed by atoms with van der Waals surface area (Å²) in [7, 11) is 0. The summed E-state index contributed by atoms with van der Waals surface area (Å²) in [5.74, 6) is 0. The lowest BCUT2D eigenvalue weighted by Crippen LogP contribution is -2.22. The van der Waals surface area contributed by atoms with E-state index in [1.165, 1.54) is 13.8 Å². The summed E-state index contributed by atoms with van der Waals surface area (Å²) in [5.41, 5.74) is 0.816. The number of nitrogens with zero attached hydrogens (tertiary/aromatic N) is 6. The zero-order valence-electron chi connectivity index (χ0n) is 13.2. The van der Waals surface area contributed by atoms with Crippen molar-refractivity contribution in [3.8, 4) is 6.07 Å². The highest BCUT2D eigenvalue weighted by atomic mass is 35.5. The second-order valence-electron chi connectivity index (χ2n) is 5.46. The molecule has 7 nitrogen and oxygen atoms in total. The first-order chi connectivity index (χ1) is 11.9. The fourth-order valence-electron chi connectivity index (χ4n) is 2.53. The Morgan fingerprint density at radius 3 is 2.76 bits per heavy atom. The standard InChI is InChI=1S/C15H13ClF2N6O/c1-9-7-22(4-2-3-19)15(25)12-5-10(20-24(9)12)8-23-13(16)6-11(21-23)14(17)18/h5-7,14H,2,4,8H2,1H3. The monoisotopic (exact) mass is 366 g/mol. The van der Waals surface area contributed by atoms with Crippen LogP contribution < -0.4 is 5.56 Å². The van der Waals surface area contributed by atoms with Crippen molar-refractivity contribution in [2.75, 3.05) is 0 Å². The molecule has 3 aromatic heterocycles. The normalized spacial score (nSPS) is 11.4. The second kappa shape index (κ2) is 6.64. The molecule has 0 unspecified atom stereocenters. The zero-order valence-corrected chi connectivity index (χ0v) is 13.9. The number of halogens is 3. The smallest absolute Gasteiger partial charge is 0.282 e. The number of alkyl halides is 2. The van der Waals surface area contributed by atoms with E-state index in [4.69, 9.17) is 16.9 Å². The summed E-state index contributed by atoms with van der Waals surface area (Å²) in [6, 6.07) is 4.66. The summed E-state index contributed by atoms with van der Waals surface area (Å²) in [4.78, 5) is 12.5. The third-order valence-corrected chi connectivity index (χ3v) is 3.97. The van der Waals surface area contributed by atoms with Gasteiger partial charge in [-0.1, -0.05) is 11.6 Å². The molecule has 25 heavy (non-hydrogen) atoms. The fourth-order valence-corrected chi connectivity index (χ4v) is 2.74. The summed E-state index contributed by atoms with van der Waals surface area (Å²) in [6.07, 6.45) is -0.871. The molecule has 0 aliphatic carbocycles. The number of rotatable bonds is 5. The van der Waals surface area contributed by atoms with Gasteiger partial charge in [-0.05, 0) is 13.0 Å². The van der Waals surface area contributed by atoms with E-state index in [1.807, 2.05) is 6.07 Å². The number of nitriles is 1. The Morgan fingerprint density at radius 1 is 1.36 bits per heavy atom. The van der Waals surface area contributed by atoms with Gasteiger partial charge in [0.15, 0.2) is 0 Å². The number of aromatic nitrogens is 5. The summed E-state index contributed by atoms with van der Waals surface area (Å²) in [6.45, 7) is 2.13. The molecule has 10 heteroatoms. The molecule has 0 atom stereocenters. The molecule has 0 saturated carbocycles. The summed E-state index contributed by atoms with van der Waals surface area (Å²) < 4.78 is 29.5. The van der Waals surface area contributed by atoms with Gasteiger partial charge in [0.2, 0.25) is 0 Å². The van der Waals surface area contributed by atoms with Gasteiger partial charge < -0.3 is 4.57 Å². The highest BCUT2D eigenvalue weighted by Crippen LogP contribution is 2.21. The molecule has 3 aromatic rings. The van der Waals surface area contributed by atoms with Gasteiger partial charge in [0.1, 0.15) is 16.4 Å². The molecule has 0 aliphatic heterocycles. The summed E-state index contributed by atoms with van der Waals surface area (Å²) >= 11 is 5.92. The lowest BCUT2D eigenvalue weighted by atomic mass is 10.3. The van der Waals surface area contributed by atoms with Crippen molar-refractivity contribution in [2.45, 2.75) is 32.9 Å². The van der Waals surface area contributed by atoms with Crippen molar-refractivity contribution in [3.63, 3.8) is 0 Å². The van der Waals surface area contributed by atoms with Crippen molar-refractivity contribution < 1.29 is 8.78 Å². The maximum atomic E-state index is 12.7. The topological polar surface area (TPSA) is 80.9 Å². The van der Waals surface area contributed by atoms with Crippen LogP contribution in [-0.4, -0.2) is 24.0 Å². The van der Waals surface area contributed by atoms with Crippen molar-refractivity contribution in [1.29, 1.82) is 5.26 Å². The molecule has 0 amide bonds. The van der Waals surface area contributed by atoms with Gasteiger partial charge in [-0.25, -0.2) is 18.0 Å². The Kier molecular flexibility index (Phi) is 4.55.